The number of rotatable bonds is 3. The molecular weight excluding hydrogens is 320 g/mol. The van der Waals surface area contributed by atoms with Crippen LogP contribution < -0.4 is 10.9 Å². The van der Waals surface area contributed by atoms with E-state index in [-0.39, 0.29) is 18.2 Å². The van der Waals surface area contributed by atoms with Gasteiger partial charge in [-0.1, -0.05) is 24.3 Å². The molecule has 1 saturated heterocycles. The topological polar surface area (TPSA) is 49.4 Å². The fourth-order valence-corrected chi connectivity index (χ4v) is 3.20. The van der Waals surface area contributed by atoms with Crippen LogP contribution in [-0.2, 0) is 4.74 Å². The Labute approximate surface area is 148 Å². The van der Waals surface area contributed by atoms with E-state index >= 15 is 0 Å². The Morgan fingerprint density at radius 2 is 1.92 bits per heavy atom. The summed E-state index contributed by atoms with van der Waals surface area (Å²) < 4.78 is 5.74. The van der Waals surface area contributed by atoms with Gasteiger partial charge in [0.05, 0.1) is 29.5 Å². The average Bonchev–Trinajstić information content (AvgIpc) is 2.58. The van der Waals surface area contributed by atoms with Crippen molar-refractivity contribution in [3.8, 4) is 0 Å². The van der Waals surface area contributed by atoms with E-state index in [4.69, 9.17) is 21.9 Å². The number of thiocarbonyl (C=S) groups is 1. The zero-order valence-corrected chi connectivity index (χ0v) is 15.1. The van der Waals surface area contributed by atoms with Crippen molar-refractivity contribution in [3.05, 3.63) is 42.1 Å². The molecule has 0 amide bonds. The van der Waals surface area contributed by atoms with Crippen molar-refractivity contribution in [2.45, 2.75) is 39.0 Å². The maximum atomic E-state index is 5.74. The fraction of sp³-hybridized carbons (Fsp3) is 0.444. The summed E-state index contributed by atoms with van der Waals surface area (Å²) in [6.07, 6.45) is 0.376. The second-order valence-electron chi connectivity index (χ2n) is 6.39. The number of fused-ring (bicyclic) bond motifs is 1. The molecule has 6 heteroatoms. The van der Waals surface area contributed by atoms with Crippen LogP contribution in [0.25, 0.3) is 10.9 Å². The quantitative estimate of drug-likeness (QED) is 0.660. The van der Waals surface area contributed by atoms with Gasteiger partial charge in [0.2, 0.25) is 0 Å². The molecule has 1 aromatic heterocycles. The van der Waals surface area contributed by atoms with Gasteiger partial charge in [0.15, 0.2) is 5.11 Å². The highest BCUT2D eigenvalue weighted by molar-refractivity contribution is 7.80. The molecule has 2 aromatic rings. The van der Waals surface area contributed by atoms with Gasteiger partial charge in [0.1, 0.15) is 0 Å². The molecular formula is C18H24N4OS. The highest BCUT2D eigenvalue weighted by atomic mass is 32.1. The van der Waals surface area contributed by atoms with Crippen molar-refractivity contribution < 1.29 is 4.74 Å². The highest BCUT2D eigenvalue weighted by Gasteiger charge is 2.24. The van der Waals surface area contributed by atoms with Crippen molar-refractivity contribution in [1.82, 2.24) is 20.7 Å². The molecule has 0 bridgehead atoms. The predicted molar refractivity (Wildman–Crippen MR) is 101 cm³/mol. The number of morpholine rings is 1. The summed E-state index contributed by atoms with van der Waals surface area (Å²) in [5.41, 5.74) is 8.39. The Morgan fingerprint density at radius 1 is 1.21 bits per heavy atom. The molecule has 5 nitrogen and oxygen atoms in total. The summed E-state index contributed by atoms with van der Waals surface area (Å²) in [4.78, 5) is 6.85. The summed E-state index contributed by atoms with van der Waals surface area (Å²) in [6.45, 7) is 7.82. The predicted octanol–water partition coefficient (Wildman–Crippen LogP) is 2.78. The average molecular weight is 344 g/mol. The molecule has 1 fully saturated rings. The van der Waals surface area contributed by atoms with E-state index < -0.39 is 0 Å². The van der Waals surface area contributed by atoms with Crippen LogP contribution in [0.2, 0.25) is 0 Å². The Kier molecular flexibility index (Phi) is 5.28. The lowest BCUT2D eigenvalue weighted by atomic mass is 10.1. The number of hydrogen-bond donors (Lipinski definition) is 2. The van der Waals surface area contributed by atoms with Gasteiger partial charge in [0, 0.05) is 18.5 Å². The van der Waals surface area contributed by atoms with Crippen molar-refractivity contribution in [2.75, 3.05) is 13.1 Å². The molecule has 0 spiro atoms. The Morgan fingerprint density at radius 3 is 2.67 bits per heavy atom. The van der Waals surface area contributed by atoms with E-state index in [1.165, 1.54) is 0 Å². The van der Waals surface area contributed by atoms with E-state index in [1.807, 2.05) is 24.3 Å². The van der Waals surface area contributed by atoms with Gasteiger partial charge in [-0.05, 0) is 45.1 Å². The maximum Gasteiger partial charge on any atom is 0.183 e. The van der Waals surface area contributed by atoms with Crippen molar-refractivity contribution in [1.29, 1.82) is 0 Å². The van der Waals surface area contributed by atoms with Crippen molar-refractivity contribution in [3.63, 3.8) is 0 Å². The van der Waals surface area contributed by atoms with Gasteiger partial charge in [-0.15, -0.1) is 0 Å². The summed E-state index contributed by atoms with van der Waals surface area (Å²) in [5.74, 6) is 0. The van der Waals surface area contributed by atoms with Gasteiger partial charge >= 0.3 is 0 Å². The van der Waals surface area contributed by atoms with E-state index in [2.05, 4.69) is 48.7 Å². The number of hydrogen-bond acceptors (Lipinski definition) is 4. The number of nitrogens with zero attached hydrogens (tertiary/aromatic N) is 2. The van der Waals surface area contributed by atoms with Gasteiger partial charge in [-0.3, -0.25) is 10.4 Å². The summed E-state index contributed by atoms with van der Waals surface area (Å²) in [6, 6.07) is 12.3. The monoisotopic (exact) mass is 344 g/mol. The molecule has 3 atom stereocenters. The molecule has 3 rings (SSSR count). The minimum absolute atomic E-state index is 0.0449. The zero-order chi connectivity index (χ0) is 17.1. The summed E-state index contributed by atoms with van der Waals surface area (Å²) in [5, 5.41) is 1.85. The Balaban J connectivity index is 1.59. The molecule has 3 unspecified atom stereocenters. The van der Waals surface area contributed by atoms with Crippen LogP contribution in [0, 0.1) is 0 Å². The first-order chi connectivity index (χ1) is 11.5. The number of aromatic nitrogens is 1. The molecule has 1 aromatic carbocycles. The molecule has 1 aliphatic rings. The summed E-state index contributed by atoms with van der Waals surface area (Å²) in [7, 11) is 0. The molecule has 0 aliphatic carbocycles. The third-order valence-corrected chi connectivity index (χ3v) is 4.53. The number of pyridine rings is 1. The van der Waals surface area contributed by atoms with Gasteiger partial charge in [-0.2, -0.15) is 0 Å². The number of nitrogens with one attached hydrogen (secondary N) is 2. The highest BCUT2D eigenvalue weighted by Crippen LogP contribution is 2.16. The standard InChI is InChI=1S/C18H24N4OS/c1-12-10-22(11-13(2)23-12)18(24)21-20-14(3)16-9-8-15-6-4-5-7-17(15)19-16/h4-9,12-14,20H,10-11H2,1-3H3,(H,21,24). The first-order valence-corrected chi connectivity index (χ1v) is 8.75. The van der Waals surface area contributed by atoms with Crippen LogP contribution in [0.3, 0.4) is 0 Å². The van der Waals surface area contributed by atoms with Gasteiger partial charge < -0.3 is 9.64 Å². The molecule has 128 valence electrons. The van der Waals surface area contributed by atoms with Crippen LogP contribution in [0.1, 0.15) is 32.5 Å². The van der Waals surface area contributed by atoms with E-state index in [0.29, 0.717) is 5.11 Å². The number of benzene rings is 1. The molecule has 2 heterocycles. The van der Waals surface area contributed by atoms with E-state index in [1.54, 1.807) is 0 Å². The van der Waals surface area contributed by atoms with Crippen LogP contribution in [0.5, 0.6) is 0 Å². The van der Waals surface area contributed by atoms with Crippen molar-refractivity contribution >= 4 is 28.2 Å². The van der Waals surface area contributed by atoms with Crippen LogP contribution in [-0.4, -0.2) is 40.3 Å². The minimum atomic E-state index is 0.0449. The molecule has 0 saturated carbocycles. The Bertz CT molecular complexity index is 713. The number of ether oxygens (including phenoxy) is 1. The first-order valence-electron chi connectivity index (χ1n) is 8.34. The van der Waals surface area contributed by atoms with Gasteiger partial charge in [-0.25, -0.2) is 5.43 Å². The zero-order valence-electron chi connectivity index (χ0n) is 14.3. The lowest BCUT2D eigenvalue weighted by Crippen LogP contribution is -2.54. The fourth-order valence-electron chi connectivity index (χ4n) is 2.99. The van der Waals surface area contributed by atoms with Crippen LogP contribution in [0.15, 0.2) is 36.4 Å². The second kappa shape index (κ2) is 7.42. The Hall–Kier alpha value is -1.76. The van der Waals surface area contributed by atoms with Crippen LogP contribution >= 0.6 is 12.2 Å². The lowest BCUT2D eigenvalue weighted by molar-refractivity contribution is -0.0484. The lowest BCUT2D eigenvalue weighted by Gasteiger charge is -2.37. The SMILES string of the molecule is CC1CN(C(=S)NNC(C)c2ccc3ccccc3n2)CC(C)O1. The molecule has 0 radical (unpaired) electrons. The molecule has 1 aliphatic heterocycles. The minimum Gasteiger partial charge on any atom is -0.372 e. The van der Waals surface area contributed by atoms with Crippen LogP contribution in [0.4, 0.5) is 0 Å². The van der Waals surface area contributed by atoms with Gasteiger partial charge in [0.25, 0.3) is 0 Å². The smallest absolute Gasteiger partial charge is 0.183 e. The number of hydrazine groups is 1. The molecule has 2 N–H and O–H groups in total. The number of para-hydroxylation sites is 1. The first kappa shape index (κ1) is 17.1. The largest absolute Gasteiger partial charge is 0.372 e. The van der Waals surface area contributed by atoms with E-state index in [9.17, 15) is 0 Å². The third kappa shape index (κ3) is 4.01. The normalized spacial score (nSPS) is 22.4. The summed E-state index contributed by atoms with van der Waals surface area (Å²) >= 11 is 5.50. The molecule has 24 heavy (non-hydrogen) atoms. The second-order valence-corrected chi connectivity index (χ2v) is 6.77. The maximum absolute atomic E-state index is 5.74. The van der Waals surface area contributed by atoms with E-state index in [0.717, 1.165) is 29.7 Å². The van der Waals surface area contributed by atoms with Crippen molar-refractivity contribution in [2.24, 2.45) is 0 Å². The third-order valence-electron chi connectivity index (χ3n) is 4.17.